The SMILES string of the molecule is C=CCSc1nc2ccccc2nc1OC. The minimum absolute atomic E-state index is 0.575. The summed E-state index contributed by atoms with van der Waals surface area (Å²) in [6.45, 7) is 3.68. The predicted octanol–water partition coefficient (Wildman–Crippen LogP) is 2.92. The lowest BCUT2D eigenvalue weighted by atomic mass is 10.3. The molecule has 0 saturated heterocycles. The largest absolute Gasteiger partial charge is 0.479 e. The van der Waals surface area contributed by atoms with E-state index in [-0.39, 0.29) is 0 Å². The summed E-state index contributed by atoms with van der Waals surface area (Å²) < 4.78 is 5.22. The normalized spacial score (nSPS) is 10.3. The number of benzene rings is 1. The van der Waals surface area contributed by atoms with Crippen molar-refractivity contribution in [2.24, 2.45) is 0 Å². The molecule has 2 rings (SSSR count). The van der Waals surface area contributed by atoms with Gasteiger partial charge in [0.2, 0.25) is 5.88 Å². The summed E-state index contributed by atoms with van der Waals surface area (Å²) in [6.07, 6.45) is 1.83. The van der Waals surface area contributed by atoms with Gasteiger partial charge in [0.1, 0.15) is 0 Å². The van der Waals surface area contributed by atoms with Crippen LogP contribution in [0.5, 0.6) is 5.88 Å². The van der Waals surface area contributed by atoms with Gasteiger partial charge in [0, 0.05) is 5.75 Å². The van der Waals surface area contributed by atoms with Crippen LogP contribution in [-0.2, 0) is 0 Å². The highest BCUT2D eigenvalue weighted by molar-refractivity contribution is 7.99. The fourth-order valence-corrected chi connectivity index (χ4v) is 2.02. The molecular formula is C12H12N2OS. The van der Waals surface area contributed by atoms with Crippen molar-refractivity contribution in [3.05, 3.63) is 36.9 Å². The van der Waals surface area contributed by atoms with Crippen molar-refractivity contribution < 1.29 is 4.74 Å². The molecule has 0 amide bonds. The van der Waals surface area contributed by atoms with Crippen LogP contribution in [0.3, 0.4) is 0 Å². The smallest absolute Gasteiger partial charge is 0.247 e. The lowest BCUT2D eigenvalue weighted by Crippen LogP contribution is -1.95. The molecule has 0 N–H and O–H groups in total. The van der Waals surface area contributed by atoms with Crippen LogP contribution in [0.25, 0.3) is 11.0 Å². The van der Waals surface area contributed by atoms with E-state index in [0.717, 1.165) is 21.8 Å². The Balaban J connectivity index is 2.49. The number of thioether (sulfide) groups is 1. The lowest BCUT2D eigenvalue weighted by molar-refractivity contribution is 0.385. The molecule has 1 aromatic heterocycles. The summed E-state index contributed by atoms with van der Waals surface area (Å²) in [6, 6.07) is 7.75. The van der Waals surface area contributed by atoms with Gasteiger partial charge >= 0.3 is 0 Å². The van der Waals surface area contributed by atoms with E-state index in [1.807, 2.05) is 30.3 Å². The summed E-state index contributed by atoms with van der Waals surface area (Å²) in [5.41, 5.74) is 1.73. The van der Waals surface area contributed by atoms with Crippen LogP contribution in [0.4, 0.5) is 0 Å². The quantitative estimate of drug-likeness (QED) is 0.599. The molecule has 0 aliphatic carbocycles. The number of methoxy groups -OCH3 is 1. The van der Waals surface area contributed by atoms with E-state index in [9.17, 15) is 0 Å². The van der Waals surface area contributed by atoms with E-state index >= 15 is 0 Å². The zero-order chi connectivity index (χ0) is 11.4. The van der Waals surface area contributed by atoms with Gasteiger partial charge in [-0.1, -0.05) is 30.0 Å². The molecule has 0 aliphatic heterocycles. The zero-order valence-electron chi connectivity index (χ0n) is 9.01. The van der Waals surface area contributed by atoms with Crippen molar-refractivity contribution in [3.8, 4) is 5.88 Å². The predicted molar refractivity (Wildman–Crippen MR) is 67.0 cm³/mol. The summed E-state index contributed by atoms with van der Waals surface area (Å²) >= 11 is 1.57. The molecule has 2 aromatic rings. The minimum atomic E-state index is 0.575. The molecule has 3 nitrogen and oxygen atoms in total. The Morgan fingerprint density at radius 1 is 1.31 bits per heavy atom. The maximum Gasteiger partial charge on any atom is 0.247 e. The lowest BCUT2D eigenvalue weighted by Gasteiger charge is -2.06. The first-order valence-electron chi connectivity index (χ1n) is 4.89. The van der Waals surface area contributed by atoms with Crippen molar-refractivity contribution in [3.63, 3.8) is 0 Å². The number of nitrogens with zero attached hydrogens (tertiary/aromatic N) is 2. The third-order valence-electron chi connectivity index (χ3n) is 2.04. The summed E-state index contributed by atoms with van der Waals surface area (Å²) in [5.74, 6) is 1.37. The van der Waals surface area contributed by atoms with Gasteiger partial charge < -0.3 is 4.74 Å². The first kappa shape index (κ1) is 11.0. The third-order valence-corrected chi connectivity index (χ3v) is 2.98. The number of hydrogen-bond donors (Lipinski definition) is 0. The Kier molecular flexibility index (Phi) is 3.41. The van der Waals surface area contributed by atoms with Gasteiger partial charge in [-0.15, -0.1) is 6.58 Å². The fraction of sp³-hybridized carbons (Fsp3) is 0.167. The number of rotatable bonds is 4. The summed E-state index contributed by atoms with van der Waals surface area (Å²) in [5, 5.41) is 0.807. The Morgan fingerprint density at radius 2 is 2.00 bits per heavy atom. The first-order chi connectivity index (χ1) is 7.85. The molecule has 0 radical (unpaired) electrons. The van der Waals surface area contributed by atoms with Gasteiger partial charge in [-0.3, -0.25) is 0 Å². The van der Waals surface area contributed by atoms with Crippen LogP contribution >= 0.6 is 11.8 Å². The van der Waals surface area contributed by atoms with Gasteiger partial charge in [-0.2, -0.15) is 0 Å². The van der Waals surface area contributed by atoms with Gasteiger partial charge in [0.05, 0.1) is 18.1 Å². The van der Waals surface area contributed by atoms with Crippen molar-refractivity contribution >= 4 is 22.8 Å². The molecule has 0 bridgehead atoms. The Bertz CT molecular complexity index is 513. The fourth-order valence-electron chi connectivity index (χ4n) is 1.33. The molecule has 0 atom stereocenters. The number of fused-ring (bicyclic) bond motifs is 1. The molecule has 0 saturated carbocycles. The molecule has 0 unspecified atom stereocenters. The average Bonchev–Trinajstić information content (AvgIpc) is 2.35. The number of aromatic nitrogens is 2. The van der Waals surface area contributed by atoms with E-state index in [2.05, 4.69) is 16.5 Å². The molecule has 16 heavy (non-hydrogen) atoms. The van der Waals surface area contributed by atoms with Crippen LogP contribution in [0, 0.1) is 0 Å². The van der Waals surface area contributed by atoms with Crippen molar-refractivity contribution in [1.29, 1.82) is 0 Å². The molecule has 0 spiro atoms. The number of hydrogen-bond acceptors (Lipinski definition) is 4. The van der Waals surface area contributed by atoms with Crippen LogP contribution in [0.2, 0.25) is 0 Å². The van der Waals surface area contributed by atoms with Crippen LogP contribution < -0.4 is 4.74 Å². The van der Waals surface area contributed by atoms with Crippen molar-refractivity contribution in [2.45, 2.75) is 5.03 Å². The second-order valence-corrected chi connectivity index (χ2v) is 4.14. The van der Waals surface area contributed by atoms with Gasteiger partial charge in [-0.05, 0) is 12.1 Å². The van der Waals surface area contributed by atoms with Crippen molar-refractivity contribution in [2.75, 3.05) is 12.9 Å². The maximum absolute atomic E-state index is 5.22. The van der Waals surface area contributed by atoms with E-state index in [4.69, 9.17) is 4.74 Å². The van der Waals surface area contributed by atoms with Crippen LogP contribution in [0.1, 0.15) is 0 Å². The molecule has 0 fully saturated rings. The van der Waals surface area contributed by atoms with E-state index in [0.29, 0.717) is 5.88 Å². The Labute approximate surface area is 98.6 Å². The summed E-state index contributed by atoms with van der Waals surface area (Å²) in [4.78, 5) is 8.92. The average molecular weight is 232 g/mol. The highest BCUT2D eigenvalue weighted by atomic mass is 32.2. The van der Waals surface area contributed by atoms with Crippen LogP contribution in [0.15, 0.2) is 41.9 Å². The molecule has 4 heteroatoms. The molecule has 1 aromatic carbocycles. The second kappa shape index (κ2) is 4.99. The molecule has 0 aliphatic rings. The third kappa shape index (κ3) is 2.17. The maximum atomic E-state index is 5.22. The van der Waals surface area contributed by atoms with Crippen LogP contribution in [-0.4, -0.2) is 22.8 Å². The van der Waals surface area contributed by atoms with Crippen molar-refractivity contribution in [1.82, 2.24) is 9.97 Å². The highest BCUT2D eigenvalue weighted by Gasteiger charge is 2.08. The van der Waals surface area contributed by atoms with E-state index in [1.54, 1.807) is 18.9 Å². The van der Waals surface area contributed by atoms with Gasteiger partial charge in [0.15, 0.2) is 5.03 Å². The Hall–Kier alpha value is -1.55. The molecular weight excluding hydrogens is 220 g/mol. The monoisotopic (exact) mass is 232 g/mol. The Morgan fingerprint density at radius 3 is 2.62 bits per heavy atom. The number of ether oxygens (including phenoxy) is 1. The highest BCUT2D eigenvalue weighted by Crippen LogP contribution is 2.27. The topological polar surface area (TPSA) is 35.0 Å². The summed E-state index contributed by atoms with van der Waals surface area (Å²) in [7, 11) is 1.61. The first-order valence-corrected chi connectivity index (χ1v) is 5.88. The molecule has 1 heterocycles. The van der Waals surface area contributed by atoms with E-state index < -0.39 is 0 Å². The second-order valence-electron chi connectivity index (χ2n) is 3.13. The molecule has 82 valence electrons. The van der Waals surface area contributed by atoms with Gasteiger partial charge in [0.25, 0.3) is 0 Å². The number of para-hydroxylation sites is 2. The zero-order valence-corrected chi connectivity index (χ0v) is 9.83. The van der Waals surface area contributed by atoms with Gasteiger partial charge in [-0.25, -0.2) is 9.97 Å². The minimum Gasteiger partial charge on any atom is -0.479 e. The van der Waals surface area contributed by atoms with E-state index in [1.165, 1.54) is 0 Å². The standard InChI is InChI=1S/C12H12N2OS/c1-3-8-16-12-11(15-2)13-9-6-4-5-7-10(9)14-12/h3-7H,1,8H2,2H3.